The van der Waals surface area contributed by atoms with E-state index in [1.165, 1.54) is 7.11 Å². The van der Waals surface area contributed by atoms with E-state index in [0.717, 1.165) is 19.3 Å². The number of sulfone groups is 1. The highest BCUT2D eigenvalue weighted by Crippen LogP contribution is 2.33. The molecule has 2 aliphatic rings. The predicted octanol–water partition coefficient (Wildman–Crippen LogP) is 0.105. The van der Waals surface area contributed by atoms with E-state index in [2.05, 4.69) is 5.32 Å². The number of nitrogens with one attached hydrogen (secondary N) is 1. The molecule has 2 rings (SSSR count). The van der Waals surface area contributed by atoms with Gasteiger partial charge in [0.25, 0.3) is 0 Å². The van der Waals surface area contributed by atoms with Crippen molar-refractivity contribution in [1.29, 1.82) is 0 Å². The van der Waals surface area contributed by atoms with Gasteiger partial charge in [-0.15, -0.1) is 0 Å². The Bertz CT molecular complexity index is 388. The van der Waals surface area contributed by atoms with Gasteiger partial charge in [-0.25, -0.2) is 8.42 Å². The molecule has 1 heterocycles. The van der Waals surface area contributed by atoms with Crippen molar-refractivity contribution in [2.24, 2.45) is 5.92 Å². The van der Waals surface area contributed by atoms with E-state index in [1.54, 1.807) is 0 Å². The smallest absolute Gasteiger partial charge is 0.323 e. The monoisotopic (exact) mass is 261 g/mol. The number of rotatable bonds is 5. The number of ether oxygens (including phenoxy) is 1. The second kappa shape index (κ2) is 4.94. The Hall–Kier alpha value is -0.620. The maximum Gasteiger partial charge on any atom is 0.323 e. The van der Waals surface area contributed by atoms with E-state index in [9.17, 15) is 13.2 Å². The van der Waals surface area contributed by atoms with Crippen LogP contribution in [0.1, 0.15) is 25.7 Å². The summed E-state index contributed by atoms with van der Waals surface area (Å²) in [4.78, 5) is 11.5. The maximum absolute atomic E-state index is 11.6. The molecule has 5 nitrogen and oxygen atoms in total. The van der Waals surface area contributed by atoms with Crippen molar-refractivity contribution in [2.75, 3.05) is 19.4 Å². The molecule has 1 saturated carbocycles. The van der Waals surface area contributed by atoms with Crippen LogP contribution in [0.4, 0.5) is 0 Å². The summed E-state index contributed by atoms with van der Waals surface area (Å²) in [6.07, 6.45) is 3.48. The molecule has 17 heavy (non-hydrogen) atoms. The first-order valence-corrected chi connectivity index (χ1v) is 7.79. The lowest BCUT2D eigenvalue weighted by molar-refractivity contribution is -0.143. The predicted molar refractivity (Wildman–Crippen MR) is 63.3 cm³/mol. The summed E-state index contributed by atoms with van der Waals surface area (Å²) < 4.78 is 28.0. The average Bonchev–Trinajstić information content (AvgIpc) is 3.05. The standard InChI is InChI=1S/C11H19NO4S/c1-16-11(13)10(8-4-5-8)12-7-9-3-2-6-17(9,14)15/h8-10,12H,2-7H2,1H3. The summed E-state index contributed by atoms with van der Waals surface area (Å²) >= 11 is 0. The molecule has 0 bridgehead atoms. The van der Waals surface area contributed by atoms with E-state index in [1.807, 2.05) is 0 Å². The molecular formula is C11H19NO4S. The molecule has 0 aromatic heterocycles. The van der Waals surface area contributed by atoms with Crippen LogP contribution < -0.4 is 5.32 Å². The topological polar surface area (TPSA) is 72.5 Å². The molecule has 0 amide bonds. The third kappa shape index (κ3) is 2.98. The third-order valence-electron chi connectivity index (χ3n) is 3.58. The van der Waals surface area contributed by atoms with Crippen LogP contribution >= 0.6 is 0 Å². The Balaban J connectivity index is 1.89. The summed E-state index contributed by atoms with van der Waals surface area (Å²) in [6, 6.07) is -0.323. The molecule has 2 atom stereocenters. The zero-order valence-electron chi connectivity index (χ0n) is 10.0. The summed E-state index contributed by atoms with van der Waals surface area (Å²) in [5.41, 5.74) is 0. The molecule has 0 radical (unpaired) electrons. The van der Waals surface area contributed by atoms with Crippen LogP contribution in [0.2, 0.25) is 0 Å². The van der Waals surface area contributed by atoms with Gasteiger partial charge in [-0.05, 0) is 31.6 Å². The second-order valence-corrected chi connectivity index (χ2v) is 7.28. The van der Waals surface area contributed by atoms with Gasteiger partial charge in [-0.2, -0.15) is 0 Å². The van der Waals surface area contributed by atoms with Crippen molar-refractivity contribution >= 4 is 15.8 Å². The number of methoxy groups -OCH3 is 1. The molecule has 2 unspecified atom stereocenters. The number of esters is 1. The fourth-order valence-corrected chi connectivity index (χ4v) is 4.12. The van der Waals surface area contributed by atoms with E-state index in [0.29, 0.717) is 18.9 Å². The van der Waals surface area contributed by atoms with Gasteiger partial charge in [0, 0.05) is 6.54 Å². The Morgan fingerprint density at radius 3 is 2.59 bits per heavy atom. The number of hydrogen-bond donors (Lipinski definition) is 1. The van der Waals surface area contributed by atoms with Gasteiger partial charge in [-0.3, -0.25) is 4.79 Å². The Labute approximate surface area is 102 Å². The second-order valence-electron chi connectivity index (χ2n) is 4.88. The Morgan fingerprint density at radius 2 is 2.12 bits per heavy atom. The van der Waals surface area contributed by atoms with Gasteiger partial charge >= 0.3 is 5.97 Å². The highest BCUT2D eigenvalue weighted by atomic mass is 32.2. The molecule has 1 saturated heterocycles. The summed E-state index contributed by atoms with van der Waals surface area (Å²) in [5, 5.41) is 2.75. The lowest BCUT2D eigenvalue weighted by Crippen LogP contribution is -2.44. The molecule has 1 N–H and O–H groups in total. The van der Waals surface area contributed by atoms with Gasteiger partial charge in [0.05, 0.1) is 18.1 Å². The first-order valence-electron chi connectivity index (χ1n) is 6.07. The summed E-state index contributed by atoms with van der Waals surface area (Å²) in [7, 11) is -1.57. The van der Waals surface area contributed by atoms with Crippen LogP contribution in [0.25, 0.3) is 0 Å². The molecule has 1 aliphatic carbocycles. The van der Waals surface area contributed by atoms with Crippen molar-refractivity contribution in [2.45, 2.75) is 37.0 Å². The van der Waals surface area contributed by atoms with Gasteiger partial charge in [0.2, 0.25) is 0 Å². The van der Waals surface area contributed by atoms with Crippen molar-refractivity contribution in [1.82, 2.24) is 5.32 Å². The van der Waals surface area contributed by atoms with Crippen molar-refractivity contribution in [3.8, 4) is 0 Å². The molecule has 0 spiro atoms. The van der Waals surface area contributed by atoms with E-state index in [4.69, 9.17) is 4.74 Å². The van der Waals surface area contributed by atoms with Crippen LogP contribution in [0.5, 0.6) is 0 Å². The van der Waals surface area contributed by atoms with Crippen LogP contribution in [0.15, 0.2) is 0 Å². The lowest BCUT2D eigenvalue weighted by Gasteiger charge is -2.18. The van der Waals surface area contributed by atoms with Gasteiger partial charge < -0.3 is 10.1 Å². The zero-order valence-corrected chi connectivity index (χ0v) is 10.8. The van der Waals surface area contributed by atoms with Crippen molar-refractivity contribution < 1.29 is 17.9 Å². The first kappa shape index (κ1) is 12.8. The minimum atomic E-state index is -2.94. The minimum Gasteiger partial charge on any atom is -0.468 e. The van der Waals surface area contributed by atoms with E-state index < -0.39 is 9.84 Å². The van der Waals surface area contributed by atoms with Gasteiger partial charge in [0.1, 0.15) is 6.04 Å². The molecule has 0 aromatic carbocycles. The van der Waals surface area contributed by atoms with E-state index in [-0.39, 0.29) is 23.0 Å². The number of carbonyl (C=O) groups is 1. The lowest BCUT2D eigenvalue weighted by atomic mass is 10.1. The molecule has 6 heteroatoms. The molecule has 1 aliphatic heterocycles. The summed E-state index contributed by atoms with van der Waals surface area (Å²) in [5.74, 6) is 0.334. The molecule has 2 fully saturated rings. The highest BCUT2D eigenvalue weighted by molar-refractivity contribution is 7.92. The van der Waals surface area contributed by atoms with Crippen LogP contribution in [0, 0.1) is 5.92 Å². The summed E-state index contributed by atoms with van der Waals surface area (Å²) in [6.45, 7) is 0.374. The maximum atomic E-state index is 11.6. The van der Waals surface area contributed by atoms with E-state index >= 15 is 0 Å². The Kier molecular flexibility index (Phi) is 3.73. The number of carbonyl (C=O) groups excluding carboxylic acids is 1. The molecule has 98 valence electrons. The first-order chi connectivity index (χ1) is 8.04. The minimum absolute atomic E-state index is 0.275. The number of hydrogen-bond acceptors (Lipinski definition) is 5. The van der Waals surface area contributed by atoms with Crippen LogP contribution in [-0.2, 0) is 19.4 Å². The zero-order chi connectivity index (χ0) is 12.5. The van der Waals surface area contributed by atoms with Gasteiger partial charge in [-0.1, -0.05) is 0 Å². The normalized spacial score (nSPS) is 28.9. The van der Waals surface area contributed by atoms with Gasteiger partial charge in [0.15, 0.2) is 9.84 Å². The largest absolute Gasteiger partial charge is 0.468 e. The quantitative estimate of drug-likeness (QED) is 0.711. The molecule has 0 aromatic rings. The van der Waals surface area contributed by atoms with Crippen molar-refractivity contribution in [3.63, 3.8) is 0 Å². The third-order valence-corrected chi connectivity index (χ3v) is 5.85. The molecular weight excluding hydrogens is 242 g/mol. The highest BCUT2D eigenvalue weighted by Gasteiger charge is 2.38. The van der Waals surface area contributed by atoms with Crippen LogP contribution in [-0.4, -0.2) is 45.1 Å². The SMILES string of the molecule is COC(=O)C(NCC1CCCS1(=O)=O)C1CC1. The van der Waals surface area contributed by atoms with Crippen molar-refractivity contribution in [3.05, 3.63) is 0 Å². The van der Waals surface area contributed by atoms with Crippen LogP contribution in [0.3, 0.4) is 0 Å². The fourth-order valence-electron chi connectivity index (χ4n) is 2.34. The average molecular weight is 261 g/mol. The fraction of sp³-hybridized carbons (Fsp3) is 0.909. The Morgan fingerprint density at radius 1 is 1.41 bits per heavy atom.